The molecule has 21 heteroatoms. The van der Waals surface area contributed by atoms with Gasteiger partial charge in [0.25, 0.3) is 0 Å². The van der Waals surface area contributed by atoms with Crippen LogP contribution in [0.4, 0.5) is 0 Å². The average molecular weight is 1340 g/mol. The molecule has 0 radical (unpaired) electrons. The van der Waals surface area contributed by atoms with Crippen LogP contribution in [0.2, 0.25) is 65.5 Å². The quantitative estimate of drug-likeness (QED) is 0.0129. The Kier molecular flexibility index (Phi) is 21.0. The van der Waals surface area contributed by atoms with Gasteiger partial charge in [-0.3, -0.25) is 4.79 Å². The van der Waals surface area contributed by atoms with Gasteiger partial charge in [0.2, 0.25) is 0 Å². The Morgan fingerprint density at radius 2 is 0.872 bits per heavy atom. The lowest BCUT2D eigenvalue weighted by Gasteiger charge is -2.39. The van der Waals surface area contributed by atoms with Gasteiger partial charge in [0.05, 0.1) is 83.6 Å². The predicted molar refractivity (Wildman–Crippen MR) is 384 cm³/mol. The molecule has 6 N–H and O–H groups in total. The number of aromatic amines is 2. The first-order chi connectivity index (χ1) is 44.7. The number of nitrogens with one attached hydrogen (secondary N) is 2. The molecule has 0 amide bonds. The van der Waals surface area contributed by atoms with E-state index >= 15 is 0 Å². The first-order valence-corrected chi connectivity index (χ1v) is 45.4. The van der Waals surface area contributed by atoms with Crippen molar-refractivity contribution in [3.8, 4) is 44.5 Å². The van der Waals surface area contributed by atoms with Crippen LogP contribution in [-0.2, 0) is 35.8 Å². The van der Waals surface area contributed by atoms with Crippen LogP contribution < -0.4 is 10.4 Å². The molecule has 3 aliphatic rings. The fourth-order valence-corrected chi connectivity index (χ4v) is 17.2. The van der Waals surface area contributed by atoms with Crippen LogP contribution in [0, 0.1) is 0 Å². The number of ether oxygens (including phenoxy) is 5. The van der Waals surface area contributed by atoms with Crippen molar-refractivity contribution in [3.05, 3.63) is 153 Å². The van der Waals surface area contributed by atoms with Crippen molar-refractivity contribution >= 4 is 114 Å². The van der Waals surface area contributed by atoms with E-state index in [-0.39, 0.29) is 18.8 Å². The van der Waals surface area contributed by atoms with Gasteiger partial charge in [0.15, 0.2) is 12.1 Å². The van der Waals surface area contributed by atoms with Gasteiger partial charge in [-0.15, -0.1) is 0 Å². The molecule has 7 aromatic rings. The molecule has 94 heavy (non-hydrogen) atoms. The Bertz CT molecular complexity index is 4330. The van der Waals surface area contributed by atoms with Crippen LogP contribution >= 0.6 is 0 Å². The summed E-state index contributed by atoms with van der Waals surface area (Å²) in [7, 11) is -2.66. The van der Waals surface area contributed by atoms with Crippen molar-refractivity contribution in [2.24, 2.45) is 0 Å². The summed E-state index contributed by atoms with van der Waals surface area (Å²) in [5.74, 6) is -1.51. The Morgan fingerprint density at radius 3 is 1.24 bits per heavy atom. The molecule has 3 aliphatic heterocycles. The number of carbonyl (C=O) groups excluding carboxylic acids is 4. The highest BCUT2D eigenvalue weighted by Crippen LogP contribution is 2.41. The molecule has 10 rings (SSSR count). The molecular formula is C73H86N4O13Si4. The number of rotatable bonds is 21. The minimum atomic E-state index is -2.14. The van der Waals surface area contributed by atoms with E-state index in [0.29, 0.717) is 102 Å². The standard InChI is InChI=1S/C73H86N4O13Si4/c1-86-70(83)48-29-42(40-92(6)7)28-45(31-48)64-55-18-17-53(74-55)63(44-27-41(39-91(4)5)26-43(30-44)61(79)16-14-15-25-89-73-69(82)68(81)67(80)62(38-78)90-73)54-19-21-57(75-54)65(46-32-49(71(84)87-2)36-51(34-46)93(8,9)10)59-23-24-60(77-59)66(58-22-20-56(64)76-58)47-33-50(72(85)88-3)37-52(35-47)94(11,12)13/h17-24,26-37,62,67-69,73,75-76,78,80-82,91-92H,14-16,25,38-40H2,1-13H3/t62-,67-,68+,69-,73?/m1/s1. The van der Waals surface area contributed by atoms with E-state index in [9.17, 15) is 39.6 Å². The number of methoxy groups -OCH3 is 3. The highest BCUT2D eigenvalue weighted by Gasteiger charge is 2.44. The predicted octanol–water partition coefficient (Wildman–Crippen LogP) is 11.1. The molecule has 1 fully saturated rings. The summed E-state index contributed by atoms with van der Waals surface area (Å²) >= 11 is 0. The third-order valence-corrected chi connectivity index (χ3v) is 23.9. The second-order valence-electron chi connectivity index (χ2n) is 27.6. The highest BCUT2D eigenvalue weighted by molar-refractivity contribution is 6.89. The van der Waals surface area contributed by atoms with Gasteiger partial charge in [0.1, 0.15) is 24.4 Å². The largest absolute Gasteiger partial charge is 0.465 e. The minimum Gasteiger partial charge on any atom is -0.465 e. The average Bonchev–Trinajstić information content (AvgIpc) is 1.58. The van der Waals surface area contributed by atoms with E-state index in [1.807, 2.05) is 97.1 Å². The third kappa shape index (κ3) is 15.1. The van der Waals surface area contributed by atoms with Crippen molar-refractivity contribution in [1.82, 2.24) is 19.9 Å². The maximum atomic E-state index is 14.7. The molecule has 0 spiro atoms. The number of esters is 3. The zero-order valence-corrected chi connectivity index (χ0v) is 60.2. The number of aromatic nitrogens is 4. The lowest BCUT2D eigenvalue weighted by Crippen LogP contribution is -2.59. The van der Waals surface area contributed by atoms with Gasteiger partial charge in [-0.05, 0) is 155 Å². The number of Topliss-reactive ketones (excluding diaryl/α,β-unsaturated/α-hetero) is 1. The first-order valence-electron chi connectivity index (χ1n) is 32.1. The van der Waals surface area contributed by atoms with Gasteiger partial charge in [0, 0.05) is 80.5 Å². The summed E-state index contributed by atoms with van der Waals surface area (Å²) in [5.41, 5.74) is 14.6. The van der Waals surface area contributed by atoms with Gasteiger partial charge in [-0.2, -0.15) is 0 Å². The van der Waals surface area contributed by atoms with Gasteiger partial charge >= 0.3 is 17.9 Å². The second kappa shape index (κ2) is 28.6. The van der Waals surface area contributed by atoms with Crippen LogP contribution in [0.3, 0.4) is 0 Å². The number of unbranched alkanes of at least 4 members (excludes halogenated alkanes) is 1. The maximum Gasteiger partial charge on any atom is 0.337 e. The Hall–Kier alpha value is -7.81. The molecule has 0 saturated carbocycles. The van der Waals surface area contributed by atoms with Crippen LogP contribution in [-0.4, -0.2) is 163 Å². The zero-order valence-electron chi connectivity index (χ0n) is 55.9. The first kappa shape index (κ1) is 69.0. The van der Waals surface area contributed by atoms with Gasteiger partial charge in [-0.25, -0.2) is 24.4 Å². The smallest absolute Gasteiger partial charge is 0.337 e. The lowest BCUT2D eigenvalue weighted by molar-refractivity contribution is -0.301. The highest BCUT2D eigenvalue weighted by atomic mass is 28.3. The summed E-state index contributed by atoms with van der Waals surface area (Å²) in [6, 6.07) is 33.5. The van der Waals surface area contributed by atoms with Crippen molar-refractivity contribution in [3.63, 3.8) is 0 Å². The van der Waals surface area contributed by atoms with Crippen molar-refractivity contribution in [2.45, 2.75) is 128 Å². The number of benzene rings is 4. The molecular weight excluding hydrogens is 1250 g/mol. The van der Waals surface area contributed by atoms with E-state index in [0.717, 1.165) is 55.8 Å². The van der Waals surface area contributed by atoms with Crippen LogP contribution in [0.1, 0.15) is 94.6 Å². The Morgan fingerprint density at radius 1 is 0.500 bits per heavy atom. The molecule has 5 atom stereocenters. The Balaban J connectivity index is 1.28. The van der Waals surface area contributed by atoms with Crippen LogP contribution in [0.15, 0.2) is 97.1 Å². The van der Waals surface area contributed by atoms with E-state index < -0.39 is 89.0 Å². The number of aliphatic hydroxyl groups is 4. The lowest BCUT2D eigenvalue weighted by atomic mass is 9.95. The number of carbonyl (C=O) groups is 4. The van der Waals surface area contributed by atoms with Gasteiger partial charge in [-0.1, -0.05) is 100 Å². The summed E-state index contributed by atoms with van der Waals surface area (Å²) < 4.78 is 27.6. The zero-order chi connectivity index (χ0) is 67.7. The topological polar surface area (TPSA) is 253 Å². The molecule has 492 valence electrons. The summed E-state index contributed by atoms with van der Waals surface area (Å²) in [4.78, 5) is 74.8. The van der Waals surface area contributed by atoms with E-state index in [4.69, 9.17) is 33.7 Å². The molecule has 3 aromatic heterocycles. The molecule has 8 bridgehead atoms. The fourth-order valence-electron chi connectivity index (χ4n) is 12.5. The maximum absolute atomic E-state index is 14.7. The molecule has 1 saturated heterocycles. The molecule has 4 aromatic carbocycles. The van der Waals surface area contributed by atoms with E-state index in [1.54, 1.807) is 0 Å². The number of nitrogens with zero attached hydrogens (tertiary/aromatic N) is 2. The van der Waals surface area contributed by atoms with Crippen LogP contribution in [0.5, 0.6) is 0 Å². The number of hydrogen-bond acceptors (Lipinski definition) is 15. The summed E-state index contributed by atoms with van der Waals surface area (Å²) in [6.07, 6.45) is 1.92. The van der Waals surface area contributed by atoms with Gasteiger partial charge < -0.3 is 54.1 Å². The third-order valence-electron chi connectivity index (χ3n) is 17.3. The fraction of sp³-hybridized carbons (Fsp3) is 0.342. The number of ketones is 1. The number of hydrogen-bond donors (Lipinski definition) is 6. The Labute approximate surface area is 554 Å². The minimum absolute atomic E-state index is 0.0751. The molecule has 1 unspecified atom stereocenters. The SMILES string of the molecule is COC(=O)c1cc(C[SiH](C)C)cc(-c2c3nc(c(-c4cc(C[SiH](C)C)cc(C(=O)CCCCOC5O[C@H](CO)[C@@H](O)[C@H](O)[C@H]5O)c4)c4ccc([nH]4)c(-c4cc(C(=O)OC)cc([Si](C)(C)C)c4)c4nc(c(-c5cc(C(=O)OC)cc([Si](C)(C)C)c5)c5ccc2[nH]5)C=C4)C=C3)c1. The summed E-state index contributed by atoms with van der Waals surface area (Å²) in [6.45, 7) is 22.0. The number of fused-ring (bicyclic) bond motifs is 8. The van der Waals surface area contributed by atoms with E-state index in [1.165, 1.54) is 21.3 Å². The normalized spacial score (nSPS) is 17.2. The monoisotopic (exact) mass is 1340 g/mol. The number of aliphatic hydroxyl groups excluding tert-OH is 4. The van der Waals surface area contributed by atoms with E-state index in [2.05, 4.69) is 99.7 Å². The summed E-state index contributed by atoms with van der Waals surface area (Å²) in [5, 5.41) is 43.0. The van der Waals surface area contributed by atoms with Crippen molar-refractivity contribution < 1.29 is 63.3 Å². The molecule has 0 aliphatic carbocycles. The number of H-pyrrole nitrogens is 2. The molecule has 17 nitrogen and oxygen atoms in total. The van der Waals surface area contributed by atoms with Crippen molar-refractivity contribution in [2.75, 3.05) is 34.5 Å². The molecule has 6 heterocycles. The van der Waals surface area contributed by atoms with Crippen molar-refractivity contribution in [1.29, 1.82) is 0 Å². The van der Waals surface area contributed by atoms with Crippen LogP contribution in [0.25, 0.3) is 90.9 Å². The second-order valence-corrected chi connectivity index (χ2v) is 44.1.